The van der Waals surface area contributed by atoms with E-state index in [2.05, 4.69) is 22.0 Å². The molecule has 2 saturated heterocycles. The Morgan fingerprint density at radius 2 is 1.69 bits per heavy atom. The number of H-pyrrole nitrogens is 1. The summed E-state index contributed by atoms with van der Waals surface area (Å²) >= 11 is 0. The maximum atomic E-state index is 12.8. The number of amides is 2. The summed E-state index contributed by atoms with van der Waals surface area (Å²) in [5, 5.41) is 0. The molecule has 6 nitrogen and oxygen atoms in total. The van der Waals surface area contributed by atoms with Crippen molar-refractivity contribution in [3.63, 3.8) is 0 Å². The van der Waals surface area contributed by atoms with Crippen LogP contribution in [0, 0.1) is 0 Å². The van der Waals surface area contributed by atoms with E-state index < -0.39 is 0 Å². The first-order chi connectivity index (χ1) is 12.7. The van der Waals surface area contributed by atoms with E-state index in [0.29, 0.717) is 13.1 Å². The van der Waals surface area contributed by atoms with Crippen LogP contribution in [0.3, 0.4) is 0 Å². The van der Waals surface area contributed by atoms with Crippen LogP contribution in [0.2, 0.25) is 0 Å². The number of rotatable bonds is 4. The molecular weight excluding hydrogens is 328 g/mol. The maximum absolute atomic E-state index is 12.8. The van der Waals surface area contributed by atoms with Gasteiger partial charge in [0.1, 0.15) is 0 Å². The third-order valence-corrected chi connectivity index (χ3v) is 5.36. The number of benzene rings is 1. The summed E-state index contributed by atoms with van der Waals surface area (Å²) in [6.45, 7) is 4.18. The van der Waals surface area contributed by atoms with E-state index in [9.17, 15) is 9.59 Å². The molecule has 4 rings (SSSR count). The Labute approximate surface area is 153 Å². The molecular formula is C20H24N4O2+2. The Bertz CT molecular complexity index is 773. The quantitative estimate of drug-likeness (QED) is 0.769. The highest BCUT2D eigenvalue weighted by Crippen LogP contribution is 2.28. The van der Waals surface area contributed by atoms with Crippen molar-refractivity contribution in [3.8, 4) is 0 Å². The minimum atomic E-state index is -0.315. The molecule has 2 aliphatic rings. The van der Waals surface area contributed by atoms with Crippen LogP contribution >= 0.6 is 0 Å². The summed E-state index contributed by atoms with van der Waals surface area (Å²) in [4.78, 5) is 33.3. The van der Waals surface area contributed by atoms with Crippen LogP contribution in [0.1, 0.15) is 17.9 Å². The average Bonchev–Trinajstić information content (AvgIpc) is 2.98. The fraction of sp³-hybridized carbons (Fsp3) is 0.350. The van der Waals surface area contributed by atoms with Crippen molar-refractivity contribution in [2.45, 2.75) is 12.3 Å². The van der Waals surface area contributed by atoms with E-state index >= 15 is 0 Å². The molecule has 134 valence electrons. The van der Waals surface area contributed by atoms with Gasteiger partial charge in [-0.2, -0.15) is 0 Å². The zero-order valence-electron chi connectivity index (χ0n) is 14.7. The summed E-state index contributed by atoms with van der Waals surface area (Å²) in [5.41, 5.74) is 2.15. The van der Waals surface area contributed by atoms with Crippen LogP contribution in [0.25, 0.3) is 0 Å². The van der Waals surface area contributed by atoms with E-state index in [0.717, 1.165) is 31.7 Å². The number of hydrogen-bond acceptors (Lipinski definition) is 3. The summed E-state index contributed by atoms with van der Waals surface area (Å²) in [7, 11) is 0. The van der Waals surface area contributed by atoms with Crippen molar-refractivity contribution >= 4 is 17.5 Å². The van der Waals surface area contributed by atoms with Gasteiger partial charge in [0.25, 0.3) is 0 Å². The Hall–Kier alpha value is -2.73. The number of piperazine rings is 1. The predicted molar refractivity (Wildman–Crippen MR) is 96.4 cm³/mol. The van der Waals surface area contributed by atoms with Crippen LogP contribution < -0.4 is 14.8 Å². The molecule has 2 N–H and O–H groups in total. The lowest BCUT2D eigenvalue weighted by atomic mass is 9.98. The minimum absolute atomic E-state index is 0.0441. The predicted octanol–water partition coefficient (Wildman–Crippen LogP) is -0.294. The normalized spacial score (nSPS) is 21.5. The van der Waals surface area contributed by atoms with E-state index in [4.69, 9.17) is 0 Å². The number of aromatic amines is 1. The van der Waals surface area contributed by atoms with Crippen LogP contribution in [0.4, 0.5) is 5.69 Å². The van der Waals surface area contributed by atoms with E-state index in [1.54, 1.807) is 0 Å². The van der Waals surface area contributed by atoms with Crippen molar-refractivity contribution in [1.29, 1.82) is 0 Å². The monoisotopic (exact) mass is 352 g/mol. The largest absolute Gasteiger partial charge is 0.360 e. The molecule has 0 radical (unpaired) electrons. The minimum Gasteiger partial charge on any atom is -0.360 e. The van der Waals surface area contributed by atoms with Crippen LogP contribution in [0.5, 0.6) is 0 Å². The average molecular weight is 352 g/mol. The van der Waals surface area contributed by atoms with Crippen molar-refractivity contribution in [1.82, 2.24) is 4.90 Å². The van der Waals surface area contributed by atoms with Crippen molar-refractivity contribution in [2.75, 3.05) is 37.7 Å². The van der Waals surface area contributed by atoms with Crippen molar-refractivity contribution in [3.05, 3.63) is 60.4 Å². The first-order valence-corrected chi connectivity index (χ1v) is 9.16. The van der Waals surface area contributed by atoms with Gasteiger partial charge >= 0.3 is 0 Å². The second kappa shape index (κ2) is 7.25. The number of pyridine rings is 1. The van der Waals surface area contributed by atoms with E-state index in [1.807, 2.05) is 42.7 Å². The van der Waals surface area contributed by atoms with Gasteiger partial charge in [-0.25, -0.2) is 9.88 Å². The SMILES string of the molecule is O=C1C[C@H](c2ccccc2)C(=O)N1C[NH+]1CCN(c2cc[nH+]cc2)CC1. The zero-order valence-corrected chi connectivity index (χ0v) is 14.7. The molecule has 0 aliphatic carbocycles. The highest BCUT2D eigenvalue weighted by Gasteiger charge is 2.41. The lowest BCUT2D eigenvalue weighted by Crippen LogP contribution is -3.16. The van der Waals surface area contributed by atoms with Gasteiger partial charge in [-0.15, -0.1) is 0 Å². The standard InChI is InChI=1S/C20H22N4O2/c25-19-14-18(16-4-2-1-3-5-16)20(26)24(19)15-22-10-12-23(13-11-22)17-6-8-21-9-7-17/h1-9,18H,10-15H2/p+2/t18-/m1/s1. The first kappa shape index (κ1) is 16.7. The molecule has 2 aromatic rings. The lowest BCUT2D eigenvalue weighted by Gasteiger charge is -2.34. The molecule has 3 heterocycles. The Kier molecular flexibility index (Phi) is 4.67. The number of nitrogens with one attached hydrogen (secondary N) is 2. The number of imide groups is 1. The molecule has 2 amide bonds. The second-order valence-electron chi connectivity index (χ2n) is 6.98. The van der Waals surface area contributed by atoms with E-state index in [1.165, 1.54) is 15.5 Å². The summed E-state index contributed by atoms with van der Waals surface area (Å²) in [6.07, 6.45) is 4.16. The fourth-order valence-electron chi connectivity index (χ4n) is 3.85. The number of quaternary nitrogens is 1. The molecule has 1 aromatic carbocycles. The van der Waals surface area contributed by atoms with Gasteiger partial charge < -0.3 is 9.80 Å². The number of likely N-dealkylation sites (tertiary alicyclic amines) is 1. The van der Waals surface area contributed by atoms with Gasteiger partial charge in [0.15, 0.2) is 19.1 Å². The Balaban J connectivity index is 1.36. The molecule has 0 unspecified atom stereocenters. The number of carbonyl (C=O) groups is 2. The van der Waals surface area contributed by atoms with Gasteiger partial charge in [-0.3, -0.25) is 9.59 Å². The van der Waals surface area contributed by atoms with Gasteiger partial charge in [0, 0.05) is 24.2 Å². The highest BCUT2D eigenvalue weighted by molar-refractivity contribution is 6.06. The molecule has 0 bridgehead atoms. The number of nitrogens with zero attached hydrogens (tertiary/aromatic N) is 2. The Morgan fingerprint density at radius 3 is 2.38 bits per heavy atom. The molecule has 0 spiro atoms. The topological polar surface area (TPSA) is 59.2 Å². The van der Waals surface area contributed by atoms with E-state index in [-0.39, 0.29) is 17.7 Å². The second-order valence-corrected chi connectivity index (χ2v) is 6.98. The van der Waals surface area contributed by atoms with Crippen molar-refractivity contribution < 1.29 is 19.5 Å². The van der Waals surface area contributed by atoms with Gasteiger partial charge in [-0.05, 0) is 5.56 Å². The maximum Gasteiger partial charge on any atom is 0.241 e. The molecule has 1 atom stereocenters. The summed E-state index contributed by atoms with van der Waals surface area (Å²) in [5.74, 6) is -0.405. The van der Waals surface area contributed by atoms with Gasteiger partial charge in [0.05, 0.1) is 32.1 Å². The number of hydrogen-bond donors (Lipinski definition) is 1. The molecule has 26 heavy (non-hydrogen) atoms. The molecule has 0 saturated carbocycles. The molecule has 2 fully saturated rings. The lowest BCUT2D eigenvalue weighted by molar-refractivity contribution is -0.907. The van der Waals surface area contributed by atoms with Crippen LogP contribution in [-0.4, -0.2) is 49.6 Å². The fourth-order valence-corrected chi connectivity index (χ4v) is 3.85. The van der Waals surface area contributed by atoms with Crippen molar-refractivity contribution in [2.24, 2.45) is 0 Å². The third kappa shape index (κ3) is 3.32. The first-order valence-electron chi connectivity index (χ1n) is 9.16. The number of carbonyl (C=O) groups excluding carboxylic acids is 2. The molecule has 1 aromatic heterocycles. The number of anilines is 1. The van der Waals surface area contributed by atoms with Gasteiger partial charge in [0.2, 0.25) is 11.8 Å². The van der Waals surface area contributed by atoms with Gasteiger partial charge in [-0.1, -0.05) is 30.3 Å². The summed E-state index contributed by atoms with van der Waals surface area (Å²) < 4.78 is 0. The smallest absolute Gasteiger partial charge is 0.241 e. The molecule has 2 aliphatic heterocycles. The van der Waals surface area contributed by atoms with Crippen LogP contribution in [0.15, 0.2) is 54.9 Å². The van der Waals surface area contributed by atoms with Crippen LogP contribution in [-0.2, 0) is 9.59 Å². The third-order valence-electron chi connectivity index (χ3n) is 5.36. The number of aromatic nitrogens is 1. The summed E-state index contributed by atoms with van der Waals surface area (Å²) in [6, 6.07) is 13.8. The molecule has 6 heteroatoms. The zero-order chi connectivity index (χ0) is 17.9. The highest BCUT2D eigenvalue weighted by atomic mass is 16.2. The Morgan fingerprint density at radius 1 is 1.00 bits per heavy atom.